The number of hydrogen-bond donors (Lipinski definition) is 2. The summed E-state index contributed by atoms with van der Waals surface area (Å²) in [5, 5.41) is 6.53. The van der Waals surface area contributed by atoms with Crippen molar-refractivity contribution in [2.75, 3.05) is 24.3 Å². The van der Waals surface area contributed by atoms with Crippen molar-refractivity contribution in [3.8, 4) is 17.2 Å². The lowest BCUT2D eigenvalue weighted by atomic mass is 10.2. The van der Waals surface area contributed by atoms with Gasteiger partial charge in [0, 0.05) is 22.0 Å². The number of carbonyl (C=O) groups excluding carboxylic acids is 1. The lowest BCUT2D eigenvalue weighted by Crippen LogP contribution is -2.21. The predicted octanol–water partition coefficient (Wildman–Crippen LogP) is 5.21. The molecule has 0 spiro atoms. The molecule has 7 heteroatoms. The van der Waals surface area contributed by atoms with Crippen LogP contribution in [0.15, 0.2) is 71.1 Å². The molecule has 29 heavy (non-hydrogen) atoms. The second-order valence-electron chi connectivity index (χ2n) is 6.34. The van der Waals surface area contributed by atoms with E-state index in [2.05, 4.69) is 15.6 Å². The number of anilines is 2. The summed E-state index contributed by atoms with van der Waals surface area (Å²) in [6.07, 6.45) is 0. The topological polar surface area (TPSA) is 76.4 Å². The number of amides is 1. The van der Waals surface area contributed by atoms with Gasteiger partial charge in [0.05, 0.1) is 13.7 Å². The normalized spacial score (nSPS) is 10.7. The van der Waals surface area contributed by atoms with Crippen LogP contribution in [-0.4, -0.2) is 24.5 Å². The molecule has 0 bridgehead atoms. The van der Waals surface area contributed by atoms with Gasteiger partial charge in [-0.3, -0.25) is 4.79 Å². The second kappa shape index (κ2) is 8.24. The lowest BCUT2D eigenvalue weighted by molar-refractivity contribution is -0.114. The molecule has 0 saturated carbocycles. The van der Waals surface area contributed by atoms with Gasteiger partial charge in [0.25, 0.3) is 0 Å². The Bertz CT molecular complexity index is 1140. The molecule has 0 aliphatic rings. The molecule has 1 amide bonds. The number of halogens is 1. The molecule has 0 fully saturated rings. The van der Waals surface area contributed by atoms with Gasteiger partial charge in [-0.05, 0) is 66.7 Å². The third-order valence-corrected chi connectivity index (χ3v) is 4.54. The Hall–Kier alpha value is -3.51. The zero-order chi connectivity index (χ0) is 20.2. The molecule has 2 N–H and O–H groups in total. The van der Waals surface area contributed by atoms with Crippen LogP contribution in [0.3, 0.4) is 0 Å². The minimum atomic E-state index is -0.148. The van der Waals surface area contributed by atoms with Crippen LogP contribution in [0.1, 0.15) is 0 Å². The summed E-state index contributed by atoms with van der Waals surface area (Å²) in [6.45, 7) is 0.153. The van der Waals surface area contributed by atoms with E-state index in [0.29, 0.717) is 27.7 Å². The Morgan fingerprint density at radius 1 is 1.03 bits per heavy atom. The van der Waals surface area contributed by atoms with Crippen LogP contribution >= 0.6 is 11.6 Å². The van der Waals surface area contributed by atoms with Crippen LogP contribution in [0.25, 0.3) is 22.6 Å². The van der Waals surface area contributed by atoms with Crippen LogP contribution in [0.5, 0.6) is 5.75 Å². The first-order valence-corrected chi connectivity index (χ1v) is 9.33. The van der Waals surface area contributed by atoms with Gasteiger partial charge in [-0.2, -0.15) is 0 Å². The number of nitrogens with one attached hydrogen (secondary N) is 2. The fourth-order valence-electron chi connectivity index (χ4n) is 2.82. The summed E-state index contributed by atoms with van der Waals surface area (Å²) < 4.78 is 10.9. The highest BCUT2D eigenvalue weighted by Crippen LogP contribution is 2.27. The van der Waals surface area contributed by atoms with E-state index in [0.717, 1.165) is 17.0 Å². The summed E-state index contributed by atoms with van der Waals surface area (Å²) >= 11 is 5.99. The lowest BCUT2D eigenvalue weighted by Gasteiger charge is -2.08. The highest BCUT2D eigenvalue weighted by Gasteiger charge is 2.09. The van der Waals surface area contributed by atoms with Crippen LogP contribution in [0.4, 0.5) is 11.4 Å². The number of aromatic nitrogens is 1. The molecule has 4 rings (SSSR count). The Kier molecular flexibility index (Phi) is 5.35. The number of fused-ring (bicyclic) bond motifs is 1. The molecule has 0 atom stereocenters. The van der Waals surface area contributed by atoms with Crippen molar-refractivity contribution in [1.29, 1.82) is 0 Å². The fraction of sp³-hybridized carbons (Fsp3) is 0.0909. The van der Waals surface area contributed by atoms with Gasteiger partial charge < -0.3 is 19.8 Å². The number of hydrogen-bond acceptors (Lipinski definition) is 5. The maximum atomic E-state index is 12.2. The summed E-state index contributed by atoms with van der Waals surface area (Å²) in [4.78, 5) is 16.6. The summed E-state index contributed by atoms with van der Waals surface area (Å²) in [6, 6.07) is 20.0. The maximum absolute atomic E-state index is 12.2. The number of benzene rings is 3. The minimum Gasteiger partial charge on any atom is -0.497 e. The fourth-order valence-corrected chi connectivity index (χ4v) is 2.98. The average Bonchev–Trinajstić information content (AvgIpc) is 3.16. The van der Waals surface area contributed by atoms with Crippen molar-refractivity contribution in [2.45, 2.75) is 0 Å². The quantitative estimate of drug-likeness (QED) is 0.459. The Morgan fingerprint density at radius 3 is 2.48 bits per heavy atom. The second-order valence-corrected chi connectivity index (χ2v) is 6.78. The van der Waals surface area contributed by atoms with E-state index in [1.54, 1.807) is 25.3 Å². The van der Waals surface area contributed by atoms with Gasteiger partial charge in [0.1, 0.15) is 11.3 Å². The summed E-state index contributed by atoms with van der Waals surface area (Å²) in [5.74, 6) is 1.12. The minimum absolute atomic E-state index is 0.148. The van der Waals surface area contributed by atoms with Crippen molar-refractivity contribution in [1.82, 2.24) is 4.98 Å². The zero-order valence-electron chi connectivity index (χ0n) is 15.6. The van der Waals surface area contributed by atoms with E-state index >= 15 is 0 Å². The first-order valence-electron chi connectivity index (χ1n) is 8.95. The summed E-state index contributed by atoms with van der Waals surface area (Å²) in [7, 11) is 1.61. The van der Waals surface area contributed by atoms with E-state index in [1.165, 1.54) is 0 Å². The van der Waals surface area contributed by atoms with Crippen molar-refractivity contribution < 1.29 is 13.9 Å². The van der Waals surface area contributed by atoms with Crippen molar-refractivity contribution in [3.05, 3.63) is 71.8 Å². The molecule has 0 unspecified atom stereocenters. The third-order valence-electron chi connectivity index (χ3n) is 4.31. The molecule has 1 heterocycles. The molecule has 1 aromatic heterocycles. The predicted molar refractivity (Wildman–Crippen MR) is 115 cm³/mol. The molecule has 146 valence electrons. The first kappa shape index (κ1) is 18.8. The van der Waals surface area contributed by atoms with Gasteiger partial charge >= 0.3 is 0 Å². The van der Waals surface area contributed by atoms with Crippen LogP contribution in [0, 0.1) is 0 Å². The highest BCUT2D eigenvalue weighted by atomic mass is 35.5. The van der Waals surface area contributed by atoms with Crippen LogP contribution in [0.2, 0.25) is 5.02 Å². The van der Waals surface area contributed by atoms with E-state index in [9.17, 15) is 4.79 Å². The number of nitrogens with zero attached hydrogens (tertiary/aromatic N) is 1. The molecule has 3 aromatic carbocycles. The van der Waals surface area contributed by atoms with Crippen molar-refractivity contribution in [2.24, 2.45) is 0 Å². The van der Waals surface area contributed by atoms with Crippen molar-refractivity contribution in [3.63, 3.8) is 0 Å². The first-order chi connectivity index (χ1) is 14.1. The van der Waals surface area contributed by atoms with Crippen LogP contribution < -0.4 is 15.4 Å². The van der Waals surface area contributed by atoms with Crippen LogP contribution in [-0.2, 0) is 4.79 Å². The van der Waals surface area contributed by atoms with Gasteiger partial charge in [0.2, 0.25) is 11.8 Å². The summed E-state index contributed by atoms with van der Waals surface area (Å²) in [5.41, 5.74) is 3.72. The number of ether oxygens (including phenoxy) is 1. The molecule has 0 aliphatic carbocycles. The molecule has 0 aliphatic heterocycles. The monoisotopic (exact) mass is 407 g/mol. The number of carbonyl (C=O) groups is 1. The molecular weight excluding hydrogens is 390 g/mol. The molecule has 0 saturated heterocycles. The van der Waals surface area contributed by atoms with Gasteiger partial charge in [-0.1, -0.05) is 11.6 Å². The molecule has 6 nitrogen and oxygen atoms in total. The Labute approximate surface area is 172 Å². The van der Waals surface area contributed by atoms with E-state index < -0.39 is 0 Å². The van der Waals surface area contributed by atoms with E-state index in [1.807, 2.05) is 48.5 Å². The van der Waals surface area contributed by atoms with Gasteiger partial charge in [-0.25, -0.2) is 4.98 Å². The SMILES string of the molecule is COc1ccc(NCC(=O)Nc2ccc(-c3nc4cc(Cl)ccc4o3)cc2)cc1. The molecular formula is C22H18ClN3O3. The Morgan fingerprint density at radius 2 is 1.76 bits per heavy atom. The maximum Gasteiger partial charge on any atom is 0.243 e. The largest absolute Gasteiger partial charge is 0.497 e. The van der Waals surface area contributed by atoms with Gasteiger partial charge in [0.15, 0.2) is 5.58 Å². The highest BCUT2D eigenvalue weighted by molar-refractivity contribution is 6.31. The number of rotatable bonds is 6. The number of oxazole rings is 1. The Balaban J connectivity index is 1.37. The van der Waals surface area contributed by atoms with E-state index in [-0.39, 0.29) is 12.5 Å². The number of methoxy groups -OCH3 is 1. The zero-order valence-corrected chi connectivity index (χ0v) is 16.4. The molecule has 0 radical (unpaired) electrons. The van der Waals surface area contributed by atoms with Crippen molar-refractivity contribution >= 4 is 40.0 Å². The average molecular weight is 408 g/mol. The van der Waals surface area contributed by atoms with Gasteiger partial charge in [-0.15, -0.1) is 0 Å². The smallest absolute Gasteiger partial charge is 0.243 e. The molecule has 4 aromatic rings. The third kappa shape index (κ3) is 4.50. The van der Waals surface area contributed by atoms with E-state index in [4.69, 9.17) is 20.8 Å². The standard InChI is InChI=1S/C22H18ClN3O3/c1-28-18-9-7-16(8-10-18)24-13-21(27)25-17-5-2-14(3-6-17)22-26-19-12-15(23)4-11-20(19)29-22/h2-12,24H,13H2,1H3,(H,25,27).